The minimum Gasteiger partial charge on any atom is -0.456 e. The van der Waals surface area contributed by atoms with Crippen LogP contribution in [0.1, 0.15) is 24.3 Å². The summed E-state index contributed by atoms with van der Waals surface area (Å²) in [6.07, 6.45) is 1.88. The summed E-state index contributed by atoms with van der Waals surface area (Å²) in [4.78, 5) is 56.5. The van der Waals surface area contributed by atoms with E-state index in [0.717, 1.165) is 0 Å². The van der Waals surface area contributed by atoms with Crippen molar-refractivity contribution in [1.82, 2.24) is 14.9 Å². The van der Waals surface area contributed by atoms with E-state index in [2.05, 4.69) is 9.97 Å². The molecule has 0 N–H and O–H groups in total. The molecule has 0 radical (unpaired) electrons. The lowest BCUT2D eigenvalue weighted by Crippen LogP contribution is -2.59. The molecule has 32 heavy (non-hydrogen) atoms. The van der Waals surface area contributed by atoms with Gasteiger partial charge in [0.1, 0.15) is 29.9 Å². The van der Waals surface area contributed by atoms with Crippen molar-refractivity contribution in [2.45, 2.75) is 25.0 Å². The molecule has 164 valence electrons. The van der Waals surface area contributed by atoms with Gasteiger partial charge in [0.15, 0.2) is 6.10 Å². The molecule has 1 aromatic heterocycles. The molecule has 2 unspecified atom stereocenters. The van der Waals surface area contributed by atoms with Crippen LogP contribution in [-0.2, 0) is 30.5 Å². The van der Waals surface area contributed by atoms with E-state index in [1.165, 1.54) is 65.8 Å². The number of carbonyl (C=O) groups excluding carboxylic acids is 3. The second kappa shape index (κ2) is 8.75. The highest BCUT2D eigenvalue weighted by molar-refractivity contribution is 8.03. The fraction of sp³-hybridized carbons (Fsp3) is 0.250. The van der Waals surface area contributed by atoms with Crippen LogP contribution in [0.3, 0.4) is 0 Å². The zero-order valence-electron chi connectivity index (χ0n) is 16.6. The third-order valence-corrected chi connectivity index (χ3v) is 6.05. The van der Waals surface area contributed by atoms with Gasteiger partial charge in [0.05, 0.1) is 10.6 Å². The van der Waals surface area contributed by atoms with E-state index in [9.17, 15) is 24.5 Å². The quantitative estimate of drug-likeness (QED) is 0.263. The lowest BCUT2D eigenvalue weighted by Gasteiger charge is -2.45. The summed E-state index contributed by atoms with van der Waals surface area (Å²) in [7, 11) is 0. The second-order valence-electron chi connectivity index (χ2n) is 6.93. The predicted molar refractivity (Wildman–Crippen MR) is 109 cm³/mol. The van der Waals surface area contributed by atoms with Crippen molar-refractivity contribution in [3.05, 3.63) is 75.3 Å². The van der Waals surface area contributed by atoms with Crippen LogP contribution >= 0.6 is 11.8 Å². The lowest BCUT2D eigenvalue weighted by atomic mass is 9.89. The van der Waals surface area contributed by atoms with Crippen LogP contribution in [0.2, 0.25) is 0 Å². The zero-order valence-corrected chi connectivity index (χ0v) is 17.4. The number of nitro groups is 1. The molecule has 3 atom stereocenters. The number of hydrogen-bond donors (Lipinski definition) is 0. The summed E-state index contributed by atoms with van der Waals surface area (Å²) < 4.78 is 10.6. The lowest BCUT2D eigenvalue weighted by molar-refractivity contribution is -0.384. The van der Waals surface area contributed by atoms with Gasteiger partial charge in [0.2, 0.25) is 5.91 Å². The molecule has 1 amide bonds. The maximum absolute atomic E-state index is 12.9. The third-order valence-electron chi connectivity index (χ3n) is 4.90. The maximum Gasteiger partial charge on any atom is 0.355 e. The summed E-state index contributed by atoms with van der Waals surface area (Å²) in [6.45, 7) is 1.14. The third kappa shape index (κ3) is 4.04. The van der Waals surface area contributed by atoms with E-state index in [4.69, 9.17) is 9.47 Å². The van der Waals surface area contributed by atoms with Crippen molar-refractivity contribution < 1.29 is 28.8 Å². The summed E-state index contributed by atoms with van der Waals surface area (Å²) in [5, 5.41) is 11.8. The fourth-order valence-electron chi connectivity index (χ4n) is 3.41. The summed E-state index contributed by atoms with van der Waals surface area (Å²) in [5.41, 5.74) is 0.981. The number of benzene rings is 1. The first kappa shape index (κ1) is 21.4. The first-order chi connectivity index (χ1) is 15.4. The van der Waals surface area contributed by atoms with Crippen LogP contribution in [0, 0.1) is 16.0 Å². The number of hydrogen-bond acceptors (Lipinski definition) is 10. The number of ether oxygens (including phenoxy) is 2. The van der Waals surface area contributed by atoms with E-state index in [1.54, 1.807) is 6.07 Å². The van der Waals surface area contributed by atoms with Gasteiger partial charge in [0, 0.05) is 30.7 Å². The Morgan fingerprint density at radius 1 is 1.28 bits per heavy atom. The van der Waals surface area contributed by atoms with Gasteiger partial charge >= 0.3 is 11.9 Å². The Morgan fingerprint density at radius 3 is 2.66 bits per heavy atom. The largest absolute Gasteiger partial charge is 0.456 e. The number of fused-ring (bicyclic) bond motifs is 1. The highest BCUT2D eigenvalue weighted by Gasteiger charge is 2.58. The number of β-lactam (4-membered cyclic amide) rings is 1. The smallest absolute Gasteiger partial charge is 0.355 e. The zero-order chi connectivity index (χ0) is 22.8. The van der Waals surface area contributed by atoms with Gasteiger partial charge in [-0.15, -0.1) is 11.8 Å². The van der Waals surface area contributed by atoms with Gasteiger partial charge in [-0.3, -0.25) is 24.6 Å². The molecule has 0 bridgehead atoms. The van der Waals surface area contributed by atoms with E-state index in [1.807, 2.05) is 0 Å². The van der Waals surface area contributed by atoms with E-state index in [0.29, 0.717) is 11.3 Å². The number of esters is 2. The van der Waals surface area contributed by atoms with Crippen molar-refractivity contribution in [1.29, 1.82) is 0 Å². The topological polar surface area (TPSA) is 142 Å². The van der Waals surface area contributed by atoms with E-state index in [-0.39, 0.29) is 23.9 Å². The fourth-order valence-corrected chi connectivity index (χ4v) is 4.65. The van der Waals surface area contributed by atoms with Crippen LogP contribution < -0.4 is 0 Å². The minimum absolute atomic E-state index is 0.0685. The number of nitrogens with zero attached hydrogens (tertiary/aromatic N) is 4. The SMILES string of the molecule is CC(=O)OC(c1ccncn1)C1C(=O)N2C(C(=O)OCc3ccc([N+](=O)[O-])cc3)=CS[C@H]12. The molecule has 2 aliphatic heterocycles. The normalized spacial score (nSPS) is 20.0. The highest BCUT2D eigenvalue weighted by atomic mass is 32.2. The first-order valence-electron chi connectivity index (χ1n) is 9.39. The Morgan fingerprint density at radius 2 is 2.03 bits per heavy atom. The van der Waals surface area contributed by atoms with Crippen LogP contribution in [0.5, 0.6) is 0 Å². The number of thioether (sulfide) groups is 1. The molecule has 1 fully saturated rings. The molecule has 12 heteroatoms. The van der Waals surface area contributed by atoms with Crippen molar-refractivity contribution in [2.24, 2.45) is 5.92 Å². The molecule has 1 saturated heterocycles. The number of nitro benzene ring substituents is 1. The van der Waals surface area contributed by atoms with Crippen LogP contribution in [-0.4, -0.2) is 43.0 Å². The van der Waals surface area contributed by atoms with Gasteiger partial charge in [-0.2, -0.15) is 0 Å². The van der Waals surface area contributed by atoms with Crippen LogP contribution in [0.4, 0.5) is 5.69 Å². The Hall–Kier alpha value is -3.80. The number of carbonyl (C=O) groups is 3. The minimum atomic E-state index is -0.902. The molecule has 4 rings (SSSR count). The molecule has 11 nitrogen and oxygen atoms in total. The van der Waals surface area contributed by atoms with Crippen LogP contribution in [0.25, 0.3) is 0 Å². The molecule has 2 aliphatic rings. The molecule has 1 aromatic carbocycles. The monoisotopic (exact) mass is 456 g/mol. The molecular weight excluding hydrogens is 440 g/mol. The number of rotatable bonds is 7. The van der Waals surface area contributed by atoms with Gasteiger partial charge in [-0.05, 0) is 23.8 Å². The second-order valence-corrected chi connectivity index (χ2v) is 7.92. The van der Waals surface area contributed by atoms with E-state index < -0.39 is 34.3 Å². The molecule has 0 spiro atoms. The predicted octanol–water partition coefficient (Wildman–Crippen LogP) is 2.11. The average molecular weight is 456 g/mol. The van der Waals surface area contributed by atoms with Gasteiger partial charge < -0.3 is 9.47 Å². The van der Waals surface area contributed by atoms with Crippen molar-refractivity contribution in [2.75, 3.05) is 0 Å². The van der Waals surface area contributed by atoms with Crippen molar-refractivity contribution in [3.8, 4) is 0 Å². The standard InChI is InChI=1S/C20H16N4O7S/c1-11(25)31-17(14-6-7-21-10-22-14)16-18(26)23-15(9-32-19(16)23)20(27)30-8-12-2-4-13(5-3-12)24(28)29/h2-7,9-10,16-17,19H,8H2,1H3/t16?,17?,19-/m1/s1. The molecule has 2 aromatic rings. The Bertz CT molecular complexity index is 1110. The molecule has 0 aliphatic carbocycles. The maximum atomic E-state index is 12.9. The molecule has 0 saturated carbocycles. The highest BCUT2D eigenvalue weighted by Crippen LogP contribution is 2.50. The Labute approximate surface area is 185 Å². The summed E-state index contributed by atoms with van der Waals surface area (Å²) in [5.74, 6) is -2.35. The van der Waals surface area contributed by atoms with Gasteiger partial charge in [0.25, 0.3) is 5.69 Å². The van der Waals surface area contributed by atoms with E-state index >= 15 is 0 Å². The number of non-ortho nitro benzene ring substituents is 1. The molecule has 3 heterocycles. The average Bonchev–Trinajstić information content (AvgIpc) is 3.17. The molecular formula is C20H16N4O7S. The summed E-state index contributed by atoms with van der Waals surface area (Å²) in [6, 6.07) is 7.17. The van der Waals surface area contributed by atoms with Crippen molar-refractivity contribution >= 4 is 35.3 Å². The van der Waals surface area contributed by atoms with Gasteiger partial charge in [-0.1, -0.05) is 0 Å². The Balaban J connectivity index is 1.42. The van der Waals surface area contributed by atoms with Gasteiger partial charge in [-0.25, -0.2) is 14.8 Å². The number of amides is 1. The number of aromatic nitrogens is 2. The van der Waals surface area contributed by atoms with Crippen molar-refractivity contribution in [3.63, 3.8) is 0 Å². The van der Waals surface area contributed by atoms with Crippen LogP contribution in [0.15, 0.2) is 54.0 Å². The first-order valence-corrected chi connectivity index (χ1v) is 10.3. The summed E-state index contributed by atoms with van der Waals surface area (Å²) >= 11 is 1.25. The Kier molecular flexibility index (Phi) is 5.86.